The first-order valence-electron chi connectivity index (χ1n) is 6.82. The molecule has 0 unspecified atom stereocenters. The van der Waals surface area contributed by atoms with Crippen LogP contribution in [-0.4, -0.2) is 52.7 Å². The highest BCUT2D eigenvalue weighted by molar-refractivity contribution is 5.88. The van der Waals surface area contributed by atoms with Crippen LogP contribution in [0, 0.1) is 0 Å². The molecule has 0 radical (unpaired) electrons. The molecule has 1 aromatic carbocycles. The molecule has 0 amide bonds. The van der Waals surface area contributed by atoms with Gasteiger partial charge in [-0.1, -0.05) is 12.1 Å². The number of aromatic nitrogens is 1. The summed E-state index contributed by atoms with van der Waals surface area (Å²) in [6, 6.07) is 5.77. The number of phenolic OH excluding ortho intramolecular Hbond substituents is 1. The molecule has 1 aromatic heterocycles. The fourth-order valence-electron chi connectivity index (χ4n) is 2.90. The molecule has 1 saturated heterocycles. The average molecular weight is 259 g/mol. The normalized spacial score (nSPS) is 18.2. The van der Waals surface area contributed by atoms with Gasteiger partial charge in [0, 0.05) is 51.4 Å². The number of hydrogen-bond donors (Lipinski definition) is 1. The van der Waals surface area contributed by atoms with Crippen molar-refractivity contribution >= 4 is 10.9 Å². The number of benzene rings is 1. The Morgan fingerprint density at radius 1 is 1.11 bits per heavy atom. The molecule has 0 aliphatic carbocycles. The Kier molecular flexibility index (Phi) is 3.21. The van der Waals surface area contributed by atoms with Gasteiger partial charge in [-0.25, -0.2) is 0 Å². The minimum atomic E-state index is 0.365. The summed E-state index contributed by atoms with van der Waals surface area (Å²) < 4.78 is 2.02. The quantitative estimate of drug-likeness (QED) is 0.889. The van der Waals surface area contributed by atoms with Gasteiger partial charge in [0.25, 0.3) is 0 Å². The first-order valence-corrected chi connectivity index (χ1v) is 6.82. The zero-order valence-electron chi connectivity index (χ0n) is 11.6. The molecule has 2 aromatic rings. The molecule has 1 N–H and O–H groups in total. The Bertz CT molecular complexity index is 582. The minimum Gasteiger partial charge on any atom is -0.506 e. The van der Waals surface area contributed by atoms with E-state index in [0.29, 0.717) is 5.75 Å². The third-order valence-corrected chi connectivity index (χ3v) is 4.05. The van der Waals surface area contributed by atoms with Crippen molar-refractivity contribution in [2.45, 2.75) is 6.54 Å². The van der Waals surface area contributed by atoms with Crippen LogP contribution >= 0.6 is 0 Å². The zero-order chi connectivity index (χ0) is 13.4. The summed E-state index contributed by atoms with van der Waals surface area (Å²) in [6.07, 6.45) is 2.14. The van der Waals surface area contributed by atoms with Crippen LogP contribution in [0.1, 0.15) is 5.56 Å². The predicted octanol–water partition coefficient (Wildman–Crippen LogP) is 1.63. The lowest BCUT2D eigenvalue weighted by Gasteiger charge is -2.32. The van der Waals surface area contributed by atoms with Crippen LogP contribution in [0.5, 0.6) is 5.75 Å². The fourth-order valence-corrected chi connectivity index (χ4v) is 2.90. The van der Waals surface area contributed by atoms with Crippen molar-refractivity contribution in [2.75, 3.05) is 33.2 Å². The standard InChI is InChI=1S/C15H21N3O/c1-16-6-8-18(9-7-16)11-12-10-17(2)15-13(12)4-3-5-14(15)19/h3-5,10,19H,6-9,11H2,1-2H3. The number of hydrogen-bond acceptors (Lipinski definition) is 3. The number of para-hydroxylation sites is 1. The highest BCUT2D eigenvalue weighted by Gasteiger charge is 2.17. The molecular formula is C15H21N3O. The first-order chi connectivity index (χ1) is 9.15. The average Bonchev–Trinajstić information content (AvgIpc) is 2.70. The predicted molar refractivity (Wildman–Crippen MR) is 77.4 cm³/mol. The van der Waals surface area contributed by atoms with E-state index < -0.39 is 0 Å². The van der Waals surface area contributed by atoms with Crippen LogP contribution in [0.4, 0.5) is 0 Å². The third kappa shape index (κ3) is 2.33. The maximum Gasteiger partial charge on any atom is 0.139 e. The summed E-state index contributed by atoms with van der Waals surface area (Å²) in [5.74, 6) is 0.365. The van der Waals surface area contributed by atoms with Crippen molar-refractivity contribution in [1.82, 2.24) is 14.4 Å². The Balaban J connectivity index is 1.87. The van der Waals surface area contributed by atoms with Crippen LogP contribution in [-0.2, 0) is 13.6 Å². The molecule has 0 saturated carbocycles. The van der Waals surface area contributed by atoms with Gasteiger partial charge in [-0.05, 0) is 18.7 Å². The molecule has 0 bridgehead atoms. The Labute approximate surface area is 113 Å². The van der Waals surface area contributed by atoms with Crippen LogP contribution in [0.2, 0.25) is 0 Å². The molecule has 3 rings (SSSR count). The zero-order valence-corrected chi connectivity index (χ0v) is 11.6. The summed E-state index contributed by atoms with van der Waals surface area (Å²) in [4.78, 5) is 4.85. The summed E-state index contributed by atoms with van der Waals surface area (Å²) in [6.45, 7) is 5.47. The van der Waals surface area contributed by atoms with E-state index in [0.717, 1.165) is 38.2 Å². The van der Waals surface area contributed by atoms with Crippen LogP contribution < -0.4 is 0 Å². The van der Waals surface area contributed by atoms with E-state index in [4.69, 9.17) is 0 Å². The van der Waals surface area contributed by atoms with Crippen molar-refractivity contribution < 1.29 is 5.11 Å². The van der Waals surface area contributed by atoms with Gasteiger partial charge >= 0.3 is 0 Å². The third-order valence-electron chi connectivity index (χ3n) is 4.05. The smallest absolute Gasteiger partial charge is 0.139 e. The second-order valence-electron chi connectivity index (χ2n) is 5.52. The van der Waals surface area contributed by atoms with E-state index in [1.807, 2.05) is 17.7 Å². The molecule has 1 aliphatic heterocycles. The second kappa shape index (κ2) is 4.87. The SMILES string of the molecule is CN1CCN(Cc2cn(C)c3c(O)cccc23)CC1. The molecule has 1 fully saturated rings. The molecule has 4 heteroatoms. The maximum absolute atomic E-state index is 9.96. The molecule has 0 spiro atoms. The number of phenols is 1. The van der Waals surface area contributed by atoms with E-state index in [-0.39, 0.29) is 0 Å². The Morgan fingerprint density at radius 2 is 1.84 bits per heavy atom. The molecule has 1 aliphatic rings. The molecule has 19 heavy (non-hydrogen) atoms. The molecule has 4 nitrogen and oxygen atoms in total. The van der Waals surface area contributed by atoms with Crippen LogP contribution in [0.25, 0.3) is 10.9 Å². The monoisotopic (exact) mass is 259 g/mol. The number of piperazine rings is 1. The Morgan fingerprint density at radius 3 is 2.58 bits per heavy atom. The Hall–Kier alpha value is -1.52. The van der Waals surface area contributed by atoms with E-state index in [1.165, 1.54) is 10.9 Å². The fraction of sp³-hybridized carbons (Fsp3) is 0.467. The molecule has 2 heterocycles. The largest absolute Gasteiger partial charge is 0.506 e. The number of fused-ring (bicyclic) bond motifs is 1. The molecule has 102 valence electrons. The van der Waals surface area contributed by atoms with Crippen molar-refractivity contribution in [2.24, 2.45) is 7.05 Å². The van der Waals surface area contributed by atoms with Crippen molar-refractivity contribution in [1.29, 1.82) is 0 Å². The van der Waals surface area contributed by atoms with Gasteiger partial charge < -0.3 is 14.6 Å². The number of likely N-dealkylation sites (N-methyl/N-ethyl adjacent to an activating group) is 1. The van der Waals surface area contributed by atoms with Gasteiger partial charge in [0.1, 0.15) is 5.75 Å². The van der Waals surface area contributed by atoms with Gasteiger partial charge in [0.05, 0.1) is 5.52 Å². The van der Waals surface area contributed by atoms with Gasteiger partial charge in [-0.3, -0.25) is 4.90 Å². The second-order valence-corrected chi connectivity index (χ2v) is 5.52. The lowest BCUT2D eigenvalue weighted by atomic mass is 10.1. The highest BCUT2D eigenvalue weighted by atomic mass is 16.3. The highest BCUT2D eigenvalue weighted by Crippen LogP contribution is 2.29. The number of nitrogens with zero attached hydrogens (tertiary/aromatic N) is 3. The summed E-state index contributed by atoms with van der Waals surface area (Å²) in [7, 11) is 4.17. The van der Waals surface area contributed by atoms with E-state index in [1.54, 1.807) is 6.07 Å². The summed E-state index contributed by atoms with van der Waals surface area (Å²) in [5.41, 5.74) is 2.24. The van der Waals surface area contributed by atoms with E-state index in [9.17, 15) is 5.11 Å². The number of rotatable bonds is 2. The minimum absolute atomic E-state index is 0.365. The van der Waals surface area contributed by atoms with E-state index in [2.05, 4.69) is 29.1 Å². The summed E-state index contributed by atoms with van der Waals surface area (Å²) in [5, 5.41) is 11.1. The molecule has 0 atom stereocenters. The lowest BCUT2D eigenvalue weighted by molar-refractivity contribution is 0.148. The van der Waals surface area contributed by atoms with Gasteiger partial charge in [0.2, 0.25) is 0 Å². The first kappa shape index (κ1) is 12.5. The van der Waals surface area contributed by atoms with E-state index >= 15 is 0 Å². The van der Waals surface area contributed by atoms with Gasteiger partial charge in [-0.15, -0.1) is 0 Å². The van der Waals surface area contributed by atoms with Crippen molar-refractivity contribution in [3.63, 3.8) is 0 Å². The lowest BCUT2D eigenvalue weighted by Crippen LogP contribution is -2.43. The number of aryl methyl sites for hydroxylation is 1. The van der Waals surface area contributed by atoms with Crippen molar-refractivity contribution in [3.05, 3.63) is 30.0 Å². The summed E-state index contributed by atoms with van der Waals surface area (Å²) >= 11 is 0. The maximum atomic E-state index is 9.96. The van der Waals surface area contributed by atoms with Crippen LogP contribution in [0.3, 0.4) is 0 Å². The molecular weight excluding hydrogens is 238 g/mol. The van der Waals surface area contributed by atoms with Crippen LogP contribution in [0.15, 0.2) is 24.4 Å². The van der Waals surface area contributed by atoms with Crippen molar-refractivity contribution in [3.8, 4) is 5.75 Å². The number of aromatic hydroxyl groups is 1. The van der Waals surface area contributed by atoms with Gasteiger partial charge in [0.15, 0.2) is 0 Å². The topological polar surface area (TPSA) is 31.6 Å². The van der Waals surface area contributed by atoms with Gasteiger partial charge in [-0.2, -0.15) is 0 Å².